The SMILES string of the molecule is C=C(C)c1ccc(CCCC(C)(C)C)cc1. The van der Waals surface area contributed by atoms with Crippen LogP contribution in [-0.2, 0) is 6.42 Å². The molecule has 16 heavy (non-hydrogen) atoms. The lowest BCUT2D eigenvalue weighted by Gasteiger charge is -2.17. The first-order valence-electron chi connectivity index (χ1n) is 6.13. The summed E-state index contributed by atoms with van der Waals surface area (Å²) in [4.78, 5) is 0. The minimum absolute atomic E-state index is 0.456. The molecule has 1 aromatic rings. The summed E-state index contributed by atoms with van der Waals surface area (Å²) in [6, 6.07) is 8.81. The van der Waals surface area contributed by atoms with Gasteiger partial charge in [-0.25, -0.2) is 0 Å². The summed E-state index contributed by atoms with van der Waals surface area (Å²) in [5.74, 6) is 0. The fourth-order valence-corrected chi connectivity index (χ4v) is 1.78. The first-order valence-corrected chi connectivity index (χ1v) is 6.13. The van der Waals surface area contributed by atoms with E-state index in [1.165, 1.54) is 30.4 Å². The van der Waals surface area contributed by atoms with Crippen LogP contribution in [-0.4, -0.2) is 0 Å². The van der Waals surface area contributed by atoms with Gasteiger partial charge in [-0.15, -0.1) is 0 Å². The molecule has 0 N–H and O–H groups in total. The number of hydrogen-bond donors (Lipinski definition) is 0. The number of benzene rings is 1. The van der Waals surface area contributed by atoms with Gasteiger partial charge in [0.2, 0.25) is 0 Å². The van der Waals surface area contributed by atoms with E-state index in [-0.39, 0.29) is 0 Å². The van der Waals surface area contributed by atoms with Gasteiger partial charge >= 0.3 is 0 Å². The van der Waals surface area contributed by atoms with Crippen LogP contribution in [0.25, 0.3) is 5.57 Å². The molecular weight excluding hydrogens is 192 g/mol. The highest BCUT2D eigenvalue weighted by Gasteiger charge is 2.09. The predicted octanol–water partition coefficient (Wildman–Crippen LogP) is 5.09. The summed E-state index contributed by atoms with van der Waals surface area (Å²) >= 11 is 0. The standard InChI is InChI=1S/C16H24/c1-13(2)15-10-8-14(9-11-15)7-6-12-16(3,4)5/h8-11H,1,6-7,12H2,2-5H3. The van der Waals surface area contributed by atoms with Crippen molar-refractivity contribution in [3.8, 4) is 0 Å². The van der Waals surface area contributed by atoms with Gasteiger partial charge in [-0.3, -0.25) is 0 Å². The van der Waals surface area contributed by atoms with Crippen LogP contribution in [0.5, 0.6) is 0 Å². The second kappa shape index (κ2) is 5.34. The van der Waals surface area contributed by atoms with E-state index in [4.69, 9.17) is 0 Å². The zero-order valence-corrected chi connectivity index (χ0v) is 11.1. The lowest BCUT2D eigenvalue weighted by atomic mass is 9.89. The molecule has 0 aliphatic carbocycles. The van der Waals surface area contributed by atoms with Gasteiger partial charge in [-0.1, -0.05) is 57.2 Å². The number of hydrogen-bond acceptors (Lipinski definition) is 0. The summed E-state index contributed by atoms with van der Waals surface area (Å²) in [5, 5.41) is 0. The Bertz CT molecular complexity index is 335. The molecule has 0 aromatic heterocycles. The van der Waals surface area contributed by atoms with Crippen LogP contribution in [0.2, 0.25) is 0 Å². The van der Waals surface area contributed by atoms with Crippen molar-refractivity contribution in [2.45, 2.75) is 47.0 Å². The summed E-state index contributed by atoms with van der Waals surface area (Å²) < 4.78 is 0. The van der Waals surface area contributed by atoms with Crippen molar-refractivity contribution in [3.05, 3.63) is 42.0 Å². The molecule has 0 heteroatoms. The molecule has 1 rings (SSSR count). The van der Waals surface area contributed by atoms with Crippen molar-refractivity contribution in [1.82, 2.24) is 0 Å². The van der Waals surface area contributed by atoms with Crippen LogP contribution in [0, 0.1) is 5.41 Å². The van der Waals surface area contributed by atoms with E-state index in [0.717, 1.165) is 5.57 Å². The molecule has 1 aromatic carbocycles. The molecule has 0 radical (unpaired) electrons. The zero-order chi connectivity index (χ0) is 12.2. The van der Waals surface area contributed by atoms with Gasteiger partial charge in [0, 0.05) is 0 Å². The van der Waals surface area contributed by atoms with Gasteiger partial charge in [0.15, 0.2) is 0 Å². The van der Waals surface area contributed by atoms with E-state index in [9.17, 15) is 0 Å². The Balaban J connectivity index is 2.47. The summed E-state index contributed by atoms with van der Waals surface area (Å²) in [7, 11) is 0. The minimum atomic E-state index is 0.456. The van der Waals surface area contributed by atoms with Crippen molar-refractivity contribution in [2.75, 3.05) is 0 Å². The Kier molecular flexibility index (Phi) is 4.35. The van der Waals surface area contributed by atoms with E-state index in [1.54, 1.807) is 0 Å². The number of rotatable bonds is 4. The van der Waals surface area contributed by atoms with Gasteiger partial charge in [-0.05, 0) is 42.7 Å². The maximum Gasteiger partial charge on any atom is -0.0233 e. The van der Waals surface area contributed by atoms with Gasteiger partial charge in [0.05, 0.1) is 0 Å². The Morgan fingerprint density at radius 1 is 1.12 bits per heavy atom. The molecule has 0 nitrogen and oxygen atoms in total. The van der Waals surface area contributed by atoms with Gasteiger partial charge in [0.25, 0.3) is 0 Å². The van der Waals surface area contributed by atoms with E-state index in [0.29, 0.717) is 5.41 Å². The normalized spacial score (nSPS) is 11.5. The highest BCUT2D eigenvalue weighted by Crippen LogP contribution is 2.22. The van der Waals surface area contributed by atoms with E-state index in [2.05, 4.69) is 58.5 Å². The van der Waals surface area contributed by atoms with E-state index < -0.39 is 0 Å². The number of allylic oxidation sites excluding steroid dienone is 1. The molecule has 88 valence electrons. The molecule has 0 bridgehead atoms. The maximum atomic E-state index is 3.95. The zero-order valence-electron chi connectivity index (χ0n) is 11.1. The van der Waals surface area contributed by atoms with Crippen LogP contribution in [0.1, 0.15) is 51.7 Å². The molecule has 0 unspecified atom stereocenters. The fraction of sp³-hybridized carbons (Fsp3) is 0.500. The third-order valence-electron chi connectivity index (χ3n) is 2.84. The molecular formula is C16H24. The third kappa shape index (κ3) is 4.65. The second-order valence-corrected chi connectivity index (χ2v) is 5.89. The minimum Gasteiger partial charge on any atom is -0.0955 e. The third-order valence-corrected chi connectivity index (χ3v) is 2.84. The van der Waals surface area contributed by atoms with Crippen molar-refractivity contribution in [2.24, 2.45) is 5.41 Å². The topological polar surface area (TPSA) is 0 Å². The Hall–Kier alpha value is -1.04. The quantitative estimate of drug-likeness (QED) is 0.657. The van der Waals surface area contributed by atoms with Crippen molar-refractivity contribution >= 4 is 5.57 Å². The Morgan fingerprint density at radius 3 is 2.12 bits per heavy atom. The first kappa shape index (κ1) is 13.0. The van der Waals surface area contributed by atoms with Gasteiger partial charge in [0.1, 0.15) is 0 Å². The van der Waals surface area contributed by atoms with E-state index >= 15 is 0 Å². The average molecular weight is 216 g/mol. The molecule has 0 saturated carbocycles. The van der Waals surface area contributed by atoms with Gasteiger partial charge < -0.3 is 0 Å². The van der Waals surface area contributed by atoms with Crippen LogP contribution < -0.4 is 0 Å². The lowest BCUT2D eigenvalue weighted by molar-refractivity contribution is 0.365. The number of aryl methyl sites for hydroxylation is 1. The van der Waals surface area contributed by atoms with Crippen molar-refractivity contribution in [3.63, 3.8) is 0 Å². The average Bonchev–Trinajstić information content (AvgIpc) is 2.16. The van der Waals surface area contributed by atoms with Crippen molar-refractivity contribution < 1.29 is 0 Å². The Labute approximate surface area is 100 Å². The second-order valence-electron chi connectivity index (χ2n) is 5.89. The summed E-state index contributed by atoms with van der Waals surface area (Å²) in [6.45, 7) is 12.9. The van der Waals surface area contributed by atoms with Gasteiger partial charge in [-0.2, -0.15) is 0 Å². The monoisotopic (exact) mass is 216 g/mol. The molecule has 0 amide bonds. The molecule has 0 aliphatic rings. The molecule has 0 atom stereocenters. The molecule has 0 heterocycles. The van der Waals surface area contributed by atoms with Crippen LogP contribution in [0.4, 0.5) is 0 Å². The lowest BCUT2D eigenvalue weighted by Crippen LogP contribution is -2.04. The maximum absolute atomic E-state index is 3.95. The largest absolute Gasteiger partial charge is 0.0955 e. The molecule has 0 aliphatic heterocycles. The predicted molar refractivity (Wildman–Crippen MR) is 73.5 cm³/mol. The summed E-state index contributed by atoms with van der Waals surface area (Å²) in [6.07, 6.45) is 3.75. The first-order chi connectivity index (χ1) is 7.38. The molecule has 0 saturated heterocycles. The fourth-order valence-electron chi connectivity index (χ4n) is 1.78. The smallest absolute Gasteiger partial charge is 0.0233 e. The molecule has 0 spiro atoms. The van der Waals surface area contributed by atoms with E-state index in [1.807, 2.05) is 0 Å². The van der Waals surface area contributed by atoms with Crippen LogP contribution >= 0.6 is 0 Å². The molecule has 0 fully saturated rings. The van der Waals surface area contributed by atoms with Crippen LogP contribution in [0.15, 0.2) is 30.8 Å². The highest BCUT2D eigenvalue weighted by molar-refractivity contribution is 5.61. The summed E-state index contributed by atoms with van der Waals surface area (Å²) in [5.41, 5.74) is 4.28. The van der Waals surface area contributed by atoms with Crippen LogP contribution in [0.3, 0.4) is 0 Å². The highest BCUT2D eigenvalue weighted by atomic mass is 14.1. The Morgan fingerprint density at radius 2 is 1.69 bits per heavy atom. The van der Waals surface area contributed by atoms with Crippen molar-refractivity contribution in [1.29, 1.82) is 0 Å².